The Bertz CT molecular complexity index is 1130. The van der Waals surface area contributed by atoms with Crippen molar-refractivity contribution in [2.75, 3.05) is 4.90 Å². The molecule has 1 heterocycles. The van der Waals surface area contributed by atoms with E-state index in [4.69, 9.17) is 0 Å². The predicted molar refractivity (Wildman–Crippen MR) is 97.7 cm³/mol. The summed E-state index contributed by atoms with van der Waals surface area (Å²) >= 11 is 0. The summed E-state index contributed by atoms with van der Waals surface area (Å²) in [6, 6.07) is 13.1. The first-order valence-electron chi connectivity index (χ1n) is 8.05. The fourth-order valence-electron chi connectivity index (χ4n) is 3.38. The van der Waals surface area contributed by atoms with Crippen LogP contribution in [0.25, 0.3) is 10.8 Å². The number of nitrogens with zero attached hydrogens (tertiary/aromatic N) is 2. The molecule has 0 saturated heterocycles. The zero-order valence-electron chi connectivity index (χ0n) is 14.1. The molecule has 0 aliphatic carbocycles. The van der Waals surface area contributed by atoms with Gasteiger partial charge in [-0.2, -0.15) is 0 Å². The van der Waals surface area contributed by atoms with Gasteiger partial charge in [-0.15, -0.1) is 0 Å². The minimum absolute atomic E-state index is 0.172. The smallest absolute Gasteiger partial charge is 0.268 e. The number of non-ortho nitro benzene ring substituents is 1. The van der Waals surface area contributed by atoms with E-state index in [0.717, 1.165) is 16.0 Å². The molecule has 2 amide bonds. The van der Waals surface area contributed by atoms with Gasteiger partial charge in [-0.1, -0.05) is 24.3 Å². The normalized spacial score (nSPS) is 13.4. The van der Waals surface area contributed by atoms with Crippen molar-refractivity contribution in [3.8, 4) is 0 Å². The molecule has 3 aromatic rings. The number of carbonyl (C=O) groups is 2. The van der Waals surface area contributed by atoms with Gasteiger partial charge in [0.2, 0.25) is 0 Å². The zero-order valence-corrected chi connectivity index (χ0v) is 14.1. The monoisotopic (exact) mass is 346 g/mol. The van der Waals surface area contributed by atoms with Crippen molar-refractivity contribution in [2.45, 2.75) is 13.8 Å². The van der Waals surface area contributed by atoms with Crippen LogP contribution >= 0.6 is 0 Å². The maximum absolute atomic E-state index is 13.1. The lowest BCUT2D eigenvalue weighted by Gasteiger charge is -2.28. The topological polar surface area (TPSA) is 80.5 Å². The van der Waals surface area contributed by atoms with Crippen LogP contribution in [0.2, 0.25) is 0 Å². The van der Waals surface area contributed by atoms with Gasteiger partial charge >= 0.3 is 0 Å². The fraction of sp³-hybridized carbons (Fsp3) is 0.100. The number of hydrogen-bond acceptors (Lipinski definition) is 4. The lowest BCUT2D eigenvalue weighted by Crippen LogP contribution is -2.41. The van der Waals surface area contributed by atoms with E-state index in [1.54, 1.807) is 24.3 Å². The van der Waals surface area contributed by atoms with Gasteiger partial charge < -0.3 is 0 Å². The van der Waals surface area contributed by atoms with Crippen LogP contribution in [0.15, 0.2) is 48.5 Å². The van der Waals surface area contributed by atoms with E-state index in [9.17, 15) is 19.7 Å². The summed E-state index contributed by atoms with van der Waals surface area (Å²) in [6.45, 7) is 3.69. The second-order valence-corrected chi connectivity index (χ2v) is 6.39. The summed E-state index contributed by atoms with van der Waals surface area (Å²) in [6.07, 6.45) is 0. The molecule has 6 nitrogen and oxygen atoms in total. The first-order valence-corrected chi connectivity index (χ1v) is 8.05. The molecular weight excluding hydrogens is 332 g/mol. The van der Waals surface area contributed by atoms with Crippen LogP contribution in [0.5, 0.6) is 0 Å². The van der Waals surface area contributed by atoms with Crippen LogP contribution < -0.4 is 4.90 Å². The number of hydrogen-bond donors (Lipinski definition) is 0. The third-order valence-electron chi connectivity index (χ3n) is 4.64. The van der Waals surface area contributed by atoms with Gasteiger partial charge in [0.05, 0.1) is 16.2 Å². The van der Waals surface area contributed by atoms with Crippen LogP contribution in [0.1, 0.15) is 31.8 Å². The maximum Gasteiger partial charge on any atom is 0.270 e. The fourth-order valence-corrected chi connectivity index (χ4v) is 3.38. The first-order chi connectivity index (χ1) is 12.4. The van der Waals surface area contributed by atoms with Crippen LogP contribution in [-0.4, -0.2) is 16.7 Å². The molecule has 1 aliphatic heterocycles. The van der Waals surface area contributed by atoms with E-state index in [0.29, 0.717) is 22.0 Å². The number of carbonyl (C=O) groups excluding carboxylic acids is 2. The first kappa shape index (κ1) is 16.0. The van der Waals surface area contributed by atoms with Crippen LogP contribution in [0.4, 0.5) is 11.4 Å². The third kappa shape index (κ3) is 2.19. The molecule has 0 bridgehead atoms. The van der Waals surface area contributed by atoms with E-state index in [1.807, 2.05) is 26.0 Å². The van der Waals surface area contributed by atoms with E-state index in [2.05, 4.69) is 0 Å². The second kappa shape index (κ2) is 5.49. The Hall–Kier alpha value is -3.54. The Morgan fingerprint density at radius 1 is 0.923 bits per heavy atom. The molecule has 4 rings (SSSR count). The molecule has 1 aliphatic rings. The van der Waals surface area contributed by atoms with Gasteiger partial charge in [0.25, 0.3) is 17.5 Å². The minimum atomic E-state index is -0.545. The molecule has 0 radical (unpaired) electrons. The molecule has 3 aromatic carbocycles. The Balaban J connectivity index is 2.03. The van der Waals surface area contributed by atoms with Crippen molar-refractivity contribution in [1.82, 2.24) is 0 Å². The molecule has 128 valence electrons. The Labute approximate surface area is 148 Å². The molecule has 6 heteroatoms. The van der Waals surface area contributed by atoms with Crippen LogP contribution in [0.3, 0.4) is 0 Å². The van der Waals surface area contributed by atoms with E-state index < -0.39 is 16.7 Å². The minimum Gasteiger partial charge on any atom is -0.268 e. The lowest BCUT2D eigenvalue weighted by atomic mass is 9.92. The van der Waals surface area contributed by atoms with Crippen LogP contribution in [-0.2, 0) is 0 Å². The van der Waals surface area contributed by atoms with E-state index >= 15 is 0 Å². The highest BCUT2D eigenvalue weighted by molar-refractivity contribution is 6.36. The number of benzene rings is 3. The molecule has 0 atom stereocenters. The Kier molecular flexibility index (Phi) is 3.37. The van der Waals surface area contributed by atoms with Crippen molar-refractivity contribution in [1.29, 1.82) is 0 Å². The molecule has 0 aromatic heterocycles. The number of aryl methyl sites for hydroxylation is 2. The molecule has 0 N–H and O–H groups in total. The van der Waals surface area contributed by atoms with Crippen molar-refractivity contribution in [2.24, 2.45) is 0 Å². The van der Waals surface area contributed by atoms with E-state index in [1.165, 1.54) is 12.1 Å². The number of nitro groups is 1. The highest BCUT2D eigenvalue weighted by Crippen LogP contribution is 2.36. The average molecular weight is 346 g/mol. The Morgan fingerprint density at radius 2 is 1.65 bits per heavy atom. The number of anilines is 1. The number of nitro benzene ring substituents is 1. The van der Waals surface area contributed by atoms with Crippen molar-refractivity contribution in [3.63, 3.8) is 0 Å². The average Bonchev–Trinajstić information content (AvgIpc) is 2.62. The molecule has 0 spiro atoms. The summed E-state index contributed by atoms with van der Waals surface area (Å²) in [5.74, 6) is -0.966. The SMILES string of the molecule is Cc1ccc(C)c(N2C(=O)c3cccc4cc([N+](=O)[O-])cc(c34)C2=O)c1. The number of amides is 2. The van der Waals surface area contributed by atoms with Gasteiger partial charge in [0, 0.05) is 23.1 Å². The van der Waals surface area contributed by atoms with Crippen molar-refractivity contribution < 1.29 is 14.5 Å². The quantitative estimate of drug-likeness (QED) is 0.396. The van der Waals surface area contributed by atoms with Gasteiger partial charge in [-0.05, 0) is 42.5 Å². The van der Waals surface area contributed by atoms with E-state index in [-0.39, 0.29) is 11.3 Å². The lowest BCUT2D eigenvalue weighted by molar-refractivity contribution is -0.384. The summed E-state index contributed by atoms with van der Waals surface area (Å²) < 4.78 is 0. The summed E-state index contributed by atoms with van der Waals surface area (Å²) in [5, 5.41) is 12.2. The predicted octanol–water partition coefficient (Wildman–Crippen LogP) is 4.17. The number of imide groups is 1. The van der Waals surface area contributed by atoms with Gasteiger partial charge in [-0.25, -0.2) is 4.90 Å². The largest absolute Gasteiger partial charge is 0.270 e. The van der Waals surface area contributed by atoms with Crippen molar-refractivity contribution in [3.05, 3.63) is 80.9 Å². The standard InChI is InChI=1S/C20H14N2O4/c1-11-6-7-12(2)17(8-11)21-19(23)15-5-3-4-13-9-14(22(25)26)10-16(18(13)15)20(21)24/h3-10H,1-2H3. The van der Waals surface area contributed by atoms with Gasteiger partial charge in [-0.3, -0.25) is 19.7 Å². The molecular formula is C20H14N2O4. The van der Waals surface area contributed by atoms with Gasteiger partial charge in [0.15, 0.2) is 0 Å². The highest BCUT2D eigenvalue weighted by atomic mass is 16.6. The molecule has 26 heavy (non-hydrogen) atoms. The third-order valence-corrected chi connectivity index (χ3v) is 4.64. The summed E-state index contributed by atoms with van der Waals surface area (Å²) in [4.78, 5) is 38.0. The number of rotatable bonds is 2. The second-order valence-electron chi connectivity index (χ2n) is 6.39. The summed E-state index contributed by atoms with van der Waals surface area (Å²) in [5.41, 5.74) is 2.55. The highest BCUT2D eigenvalue weighted by Gasteiger charge is 2.35. The summed E-state index contributed by atoms with van der Waals surface area (Å²) in [7, 11) is 0. The zero-order chi connectivity index (χ0) is 18.6. The molecule has 0 fully saturated rings. The molecule has 0 saturated carbocycles. The van der Waals surface area contributed by atoms with Gasteiger partial charge in [0.1, 0.15) is 0 Å². The maximum atomic E-state index is 13.1. The molecule has 0 unspecified atom stereocenters. The van der Waals surface area contributed by atoms with Crippen LogP contribution in [0, 0.1) is 24.0 Å². The van der Waals surface area contributed by atoms with Crippen molar-refractivity contribution >= 4 is 34.0 Å². The Morgan fingerprint density at radius 3 is 2.38 bits per heavy atom.